The third kappa shape index (κ3) is 6.42. The van der Waals surface area contributed by atoms with Crippen LogP contribution in [0.4, 0.5) is 5.82 Å². The van der Waals surface area contributed by atoms with Gasteiger partial charge in [-0.25, -0.2) is 9.97 Å². The summed E-state index contributed by atoms with van der Waals surface area (Å²) >= 11 is 5.80. The third-order valence-electron chi connectivity index (χ3n) is 4.59. The van der Waals surface area contributed by atoms with Gasteiger partial charge in [0.05, 0.1) is 0 Å². The summed E-state index contributed by atoms with van der Waals surface area (Å²) < 4.78 is 0. The molecule has 0 radical (unpaired) electrons. The van der Waals surface area contributed by atoms with Gasteiger partial charge in [0, 0.05) is 31.1 Å². The number of rotatable bonds is 8. The molecule has 144 valence electrons. The normalized spacial score (nSPS) is 19.0. The van der Waals surface area contributed by atoms with Crippen LogP contribution < -0.4 is 16.4 Å². The lowest BCUT2D eigenvalue weighted by atomic mass is 10.00. The Morgan fingerprint density at radius 2 is 2.19 bits per heavy atom. The second-order valence-electron chi connectivity index (χ2n) is 6.79. The largest absolute Gasteiger partial charge is 0.367 e. The first-order valence-electron chi connectivity index (χ1n) is 8.93. The van der Waals surface area contributed by atoms with Gasteiger partial charge in [-0.2, -0.15) is 0 Å². The summed E-state index contributed by atoms with van der Waals surface area (Å²) in [6.07, 6.45) is 4.74. The highest BCUT2D eigenvalue weighted by Crippen LogP contribution is 2.17. The SMILES string of the molecule is CC(CCNC(=O)CC1CCCCN1C)Nc1cc(C(N)=O)nc(Cl)n1. The topological polar surface area (TPSA) is 113 Å². The highest BCUT2D eigenvalue weighted by Gasteiger charge is 2.21. The van der Waals surface area contributed by atoms with Gasteiger partial charge in [0.25, 0.3) is 5.91 Å². The highest BCUT2D eigenvalue weighted by atomic mass is 35.5. The summed E-state index contributed by atoms with van der Waals surface area (Å²) in [5, 5.41) is 6.07. The van der Waals surface area contributed by atoms with Gasteiger partial charge in [0.1, 0.15) is 11.5 Å². The van der Waals surface area contributed by atoms with Gasteiger partial charge in [-0.05, 0) is 51.4 Å². The molecule has 1 aliphatic heterocycles. The van der Waals surface area contributed by atoms with Crippen LogP contribution in [-0.4, -0.2) is 58.9 Å². The molecule has 0 bridgehead atoms. The first kappa shape index (κ1) is 20.4. The predicted molar refractivity (Wildman–Crippen MR) is 101 cm³/mol. The molecule has 9 heteroatoms. The maximum atomic E-state index is 12.1. The van der Waals surface area contributed by atoms with Crippen molar-refractivity contribution in [2.75, 3.05) is 25.5 Å². The molecule has 1 aromatic rings. The minimum absolute atomic E-state index is 0.0272. The maximum absolute atomic E-state index is 12.1. The average Bonchev–Trinajstić information content (AvgIpc) is 2.56. The summed E-state index contributed by atoms with van der Waals surface area (Å²) in [6, 6.07) is 1.83. The summed E-state index contributed by atoms with van der Waals surface area (Å²) in [4.78, 5) is 33.4. The van der Waals surface area contributed by atoms with Crippen molar-refractivity contribution >= 4 is 29.2 Å². The maximum Gasteiger partial charge on any atom is 0.267 e. The van der Waals surface area contributed by atoms with Crippen LogP contribution in [0.25, 0.3) is 0 Å². The van der Waals surface area contributed by atoms with Gasteiger partial charge in [0.2, 0.25) is 11.2 Å². The van der Waals surface area contributed by atoms with Crippen LogP contribution in [-0.2, 0) is 4.79 Å². The fraction of sp³-hybridized carbons (Fsp3) is 0.647. The number of likely N-dealkylation sites (tertiary alicyclic amines) is 1. The molecule has 0 aromatic carbocycles. The van der Waals surface area contributed by atoms with E-state index >= 15 is 0 Å². The van der Waals surface area contributed by atoms with E-state index in [9.17, 15) is 9.59 Å². The number of hydrogen-bond donors (Lipinski definition) is 3. The number of halogens is 1. The zero-order valence-corrected chi connectivity index (χ0v) is 16.1. The van der Waals surface area contributed by atoms with Gasteiger partial charge in [-0.3, -0.25) is 9.59 Å². The number of carbonyl (C=O) groups is 2. The van der Waals surface area contributed by atoms with Crippen molar-refractivity contribution in [3.8, 4) is 0 Å². The lowest BCUT2D eigenvalue weighted by molar-refractivity contribution is -0.122. The van der Waals surface area contributed by atoms with Gasteiger partial charge in [0.15, 0.2) is 0 Å². The minimum atomic E-state index is -0.662. The van der Waals surface area contributed by atoms with Crippen molar-refractivity contribution in [1.82, 2.24) is 20.2 Å². The highest BCUT2D eigenvalue weighted by molar-refractivity contribution is 6.28. The number of piperidine rings is 1. The van der Waals surface area contributed by atoms with E-state index in [1.54, 1.807) is 0 Å². The summed E-state index contributed by atoms with van der Waals surface area (Å²) in [5.74, 6) is -0.150. The van der Waals surface area contributed by atoms with Crippen LogP contribution in [0, 0.1) is 0 Å². The number of amides is 2. The average molecular weight is 383 g/mol. The fourth-order valence-electron chi connectivity index (χ4n) is 3.06. The molecule has 2 rings (SSSR count). The van der Waals surface area contributed by atoms with Crippen LogP contribution in [0.1, 0.15) is 49.5 Å². The Kier molecular flexibility index (Phi) is 7.59. The molecule has 1 saturated heterocycles. The van der Waals surface area contributed by atoms with Gasteiger partial charge >= 0.3 is 0 Å². The third-order valence-corrected chi connectivity index (χ3v) is 4.76. The number of carbonyl (C=O) groups excluding carboxylic acids is 2. The molecule has 1 aliphatic rings. The Hall–Kier alpha value is -1.93. The molecule has 8 nitrogen and oxygen atoms in total. The minimum Gasteiger partial charge on any atom is -0.367 e. The molecule has 0 spiro atoms. The quantitative estimate of drug-likeness (QED) is 0.586. The predicted octanol–water partition coefficient (Wildman–Crippen LogP) is 1.41. The van der Waals surface area contributed by atoms with Crippen LogP contribution in [0.2, 0.25) is 5.28 Å². The molecular weight excluding hydrogens is 356 g/mol. The van der Waals surface area contributed by atoms with E-state index in [0.29, 0.717) is 31.2 Å². The number of nitrogens with one attached hydrogen (secondary N) is 2. The van der Waals surface area contributed by atoms with E-state index < -0.39 is 5.91 Å². The summed E-state index contributed by atoms with van der Waals surface area (Å²) in [7, 11) is 2.08. The summed E-state index contributed by atoms with van der Waals surface area (Å²) in [5.41, 5.74) is 5.28. The molecule has 2 heterocycles. The van der Waals surface area contributed by atoms with E-state index in [4.69, 9.17) is 17.3 Å². The van der Waals surface area contributed by atoms with Gasteiger partial charge in [-0.1, -0.05) is 6.42 Å². The monoisotopic (exact) mass is 382 g/mol. The molecule has 2 amide bonds. The molecule has 2 unspecified atom stereocenters. The number of nitrogens with zero attached hydrogens (tertiary/aromatic N) is 3. The second-order valence-corrected chi connectivity index (χ2v) is 7.13. The molecule has 2 atom stereocenters. The van der Waals surface area contributed by atoms with Crippen molar-refractivity contribution in [2.24, 2.45) is 5.73 Å². The van der Waals surface area contributed by atoms with Crippen LogP contribution in [0.3, 0.4) is 0 Å². The van der Waals surface area contributed by atoms with Crippen molar-refractivity contribution < 1.29 is 9.59 Å². The van der Waals surface area contributed by atoms with Crippen molar-refractivity contribution in [2.45, 2.75) is 51.1 Å². The lowest BCUT2D eigenvalue weighted by Gasteiger charge is -2.32. The van der Waals surface area contributed by atoms with E-state index in [2.05, 4.69) is 32.5 Å². The number of nitrogens with two attached hydrogens (primary N) is 1. The van der Waals surface area contributed by atoms with E-state index in [-0.39, 0.29) is 22.9 Å². The van der Waals surface area contributed by atoms with Crippen LogP contribution in [0.15, 0.2) is 6.07 Å². The lowest BCUT2D eigenvalue weighted by Crippen LogP contribution is -2.40. The van der Waals surface area contributed by atoms with E-state index in [1.807, 2.05) is 6.92 Å². The molecule has 0 saturated carbocycles. The number of primary amides is 1. The molecule has 4 N–H and O–H groups in total. The summed E-state index contributed by atoms with van der Waals surface area (Å²) in [6.45, 7) is 3.58. The Balaban J connectivity index is 1.74. The number of hydrogen-bond acceptors (Lipinski definition) is 6. The smallest absolute Gasteiger partial charge is 0.267 e. The standard InChI is InChI=1S/C17H27ClN6O2/c1-11(21-14-10-13(16(19)26)22-17(18)23-14)6-7-20-15(25)9-12-5-3-4-8-24(12)2/h10-12H,3-9H2,1-2H3,(H2,19,26)(H,20,25)(H,21,22,23). The van der Waals surface area contributed by atoms with Gasteiger partial charge in [-0.15, -0.1) is 0 Å². The fourth-order valence-corrected chi connectivity index (χ4v) is 3.24. The first-order chi connectivity index (χ1) is 12.3. The Morgan fingerprint density at radius 1 is 1.42 bits per heavy atom. The van der Waals surface area contributed by atoms with Crippen molar-refractivity contribution in [3.63, 3.8) is 0 Å². The number of anilines is 1. The first-order valence-corrected chi connectivity index (χ1v) is 9.31. The Bertz CT molecular complexity index is 642. The van der Waals surface area contributed by atoms with Gasteiger partial charge < -0.3 is 21.3 Å². The van der Waals surface area contributed by atoms with Crippen LogP contribution >= 0.6 is 11.6 Å². The van der Waals surface area contributed by atoms with Crippen molar-refractivity contribution in [3.05, 3.63) is 17.0 Å². The molecule has 1 aromatic heterocycles. The van der Waals surface area contributed by atoms with Crippen molar-refractivity contribution in [1.29, 1.82) is 0 Å². The Labute approximate surface area is 158 Å². The van der Waals surface area contributed by atoms with E-state index in [0.717, 1.165) is 13.0 Å². The molecule has 1 fully saturated rings. The van der Waals surface area contributed by atoms with Crippen LogP contribution in [0.5, 0.6) is 0 Å². The zero-order valence-electron chi connectivity index (χ0n) is 15.3. The molecule has 26 heavy (non-hydrogen) atoms. The molecule has 0 aliphatic carbocycles. The number of aromatic nitrogens is 2. The van der Waals surface area contributed by atoms with E-state index in [1.165, 1.54) is 18.9 Å². The molecular formula is C17H27ClN6O2. The Morgan fingerprint density at radius 3 is 2.88 bits per heavy atom. The second kappa shape index (κ2) is 9.68. The zero-order chi connectivity index (χ0) is 19.1.